The molecule has 0 N–H and O–H groups in total. The molecule has 0 unspecified atom stereocenters. The van der Waals surface area contributed by atoms with E-state index in [1.165, 1.54) is 44.3 Å². The number of hydrogen-bond donors (Lipinski definition) is 0. The number of likely N-dealkylation sites (N-methyl/N-ethyl adjacent to an activating group) is 1. The van der Waals surface area contributed by atoms with E-state index in [4.69, 9.17) is 35.7 Å². The van der Waals surface area contributed by atoms with Gasteiger partial charge in [0.05, 0.1) is 6.04 Å². The van der Waals surface area contributed by atoms with Gasteiger partial charge < -0.3 is 14.5 Å². The second-order valence-corrected chi connectivity index (χ2v) is 20.0. The first kappa shape index (κ1) is 44.5. The molecule has 4 aromatic carbocycles. The van der Waals surface area contributed by atoms with E-state index in [1.54, 1.807) is 23.9 Å². The van der Waals surface area contributed by atoms with Crippen LogP contribution in [-0.2, 0) is 58.6 Å². The van der Waals surface area contributed by atoms with Crippen molar-refractivity contribution < 1.29 is 58.6 Å². The van der Waals surface area contributed by atoms with E-state index in [0.29, 0.717) is 0 Å². The van der Waals surface area contributed by atoms with Crippen molar-refractivity contribution in [3.05, 3.63) is 132 Å². The molecule has 4 atom stereocenters. The Balaban J connectivity index is 0.000000191. The standard InChI is InChI=1S/C18H17NO3S.C16H14ClNOS.C4H6O5.2ClH.Zn/c1-13(20)22-18(23-15-11-7-4-8-12-15)16(19(2)17(18)21)14-9-5-3-6-10-14;1-18-14(12-8-4-2-5-9-12)16(17,15(18)19)20-13-10-6-3-7-11-13;1-3(5)6-7-4(2)8-9-4;;;/h3-12,16H,1-2H3;2-11,14H,1H3;1-2H3;2*1H;/q;;;;;+2/p-2/t16-,18-;14-,16-;;;;/m00..../s1. The molecule has 3 heterocycles. The third-order valence-corrected chi connectivity index (χ3v) is 11.0. The number of rotatable bonds is 9. The molecule has 3 saturated heterocycles. The number of amides is 2. The summed E-state index contributed by atoms with van der Waals surface area (Å²) in [5.41, 5.74) is 2.01. The van der Waals surface area contributed by atoms with Crippen LogP contribution in [0.3, 0.4) is 0 Å². The Bertz CT molecular complexity index is 1890. The first-order valence-electron chi connectivity index (χ1n) is 16.6. The molecule has 0 aromatic heterocycles. The topological polar surface area (TPSA) is 128 Å². The fourth-order valence-corrected chi connectivity index (χ4v) is 8.94. The fourth-order valence-electron chi connectivity index (χ4n) is 5.56. The average molecular weight is 902 g/mol. The van der Waals surface area contributed by atoms with Crippen LogP contribution in [0, 0.1) is 0 Å². The van der Waals surface area contributed by atoms with Crippen LogP contribution in [0.25, 0.3) is 0 Å². The van der Waals surface area contributed by atoms with Crippen LogP contribution in [0.15, 0.2) is 131 Å². The number of hydrogen-bond acceptors (Lipinski definition) is 11. The Morgan fingerprint density at radius 2 is 1.07 bits per heavy atom. The Labute approximate surface area is 348 Å². The molecule has 4 aromatic rings. The fraction of sp³-hybridized carbons (Fsp3) is 0.263. The molecule has 0 bridgehead atoms. The van der Waals surface area contributed by atoms with Crippen molar-refractivity contribution in [2.75, 3.05) is 14.1 Å². The zero-order chi connectivity index (χ0) is 40.2. The van der Waals surface area contributed by atoms with Crippen molar-refractivity contribution >= 4 is 78.3 Å². The second kappa shape index (κ2) is 20.3. The molecule has 288 valence electrons. The number of nitrogens with zero attached hydrogens (tertiary/aromatic N) is 2. The Hall–Kier alpha value is -3.17. The van der Waals surface area contributed by atoms with E-state index in [2.05, 4.69) is 19.6 Å². The molecule has 0 aliphatic carbocycles. The molecule has 0 spiro atoms. The van der Waals surface area contributed by atoms with Gasteiger partial charge in [0.25, 0.3) is 16.7 Å². The molecule has 3 aliphatic heterocycles. The summed E-state index contributed by atoms with van der Waals surface area (Å²) in [4.78, 5) is 67.5. The Kier molecular flexibility index (Phi) is 16.5. The van der Waals surface area contributed by atoms with Gasteiger partial charge in [-0.3, -0.25) is 19.3 Å². The van der Waals surface area contributed by atoms with Crippen LogP contribution < -0.4 is 0 Å². The number of carbonyl (C=O) groups is 4. The summed E-state index contributed by atoms with van der Waals surface area (Å²) < 4.78 is 4.61. The van der Waals surface area contributed by atoms with E-state index >= 15 is 0 Å². The van der Waals surface area contributed by atoms with Crippen molar-refractivity contribution in [3.63, 3.8) is 0 Å². The van der Waals surface area contributed by atoms with Gasteiger partial charge in [-0.05, 0) is 35.4 Å². The summed E-state index contributed by atoms with van der Waals surface area (Å²) in [6, 6.07) is 38.4. The zero-order valence-corrected chi connectivity index (χ0v) is 37.3. The first-order chi connectivity index (χ1) is 26.2. The van der Waals surface area contributed by atoms with Gasteiger partial charge in [0.2, 0.25) is 0 Å². The van der Waals surface area contributed by atoms with E-state index < -0.39 is 42.2 Å². The number of esters is 1. The number of β-lactam (4-membered cyclic amide) rings is 2. The van der Waals surface area contributed by atoms with Gasteiger partial charge in [-0.25, -0.2) is 4.79 Å². The molecule has 0 saturated carbocycles. The molecule has 17 heteroatoms. The van der Waals surface area contributed by atoms with Crippen molar-refractivity contribution in [2.45, 2.75) is 57.8 Å². The summed E-state index contributed by atoms with van der Waals surface area (Å²) in [6.07, 6.45) is 0. The number of thioether (sulfide) groups is 2. The van der Waals surface area contributed by atoms with Crippen molar-refractivity contribution in [1.29, 1.82) is 0 Å². The Morgan fingerprint density at radius 1 is 0.673 bits per heavy atom. The van der Waals surface area contributed by atoms with Crippen LogP contribution >= 0.6 is 54.5 Å². The molecule has 7 rings (SSSR count). The summed E-state index contributed by atoms with van der Waals surface area (Å²) in [5, 5.41) is 0. The van der Waals surface area contributed by atoms with Gasteiger partial charge >= 0.3 is 52.4 Å². The van der Waals surface area contributed by atoms with Crippen LogP contribution in [-0.4, -0.2) is 62.8 Å². The molecule has 0 radical (unpaired) electrons. The van der Waals surface area contributed by atoms with E-state index in [-0.39, 0.29) is 23.9 Å². The second-order valence-electron chi connectivity index (χ2n) is 12.0. The summed E-state index contributed by atoms with van der Waals surface area (Å²) in [5.74, 6) is -2.41. The number of carbonyl (C=O) groups excluding carboxylic acids is 4. The molecule has 11 nitrogen and oxygen atoms in total. The number of ether oxygens (including phenoxy) is 1. The van der Waals surface area contributed by atoms with Gasteiger partial charge in [-0.15, -0.1) is 4.89 Å². The maximum atomic E-state index is 12.6. The van der Waals surface area contributed by atoms with Crippen molar-refractivity contribution in [1.82, 2.24) is 9.80 Å². The molecular formula is C38H37Cl3N2O9S2Zn. The van der Waals surface area contributed by atoms with E-state index in [0.717, 1.165) is 20.9 Å². The minimum atomic E-state index is -1.25. The third-order valence-electron chi connectivity index (χ3n) is 7.89. The van der Waals surface area contributed by atoms with Crippen LogP contribution in [0.1, 0.15) is 44.0 Å². The van der Waals surface area contributed by atoms with Crippen LogP contribution in [0.5, 0.6) is 0 Å². The van der Waals surface area contributed by atoms with Gasteiger partial charge in [0, 0.05) is 44.7 Å². The minimum absolute atomic E-state index is 0.0399. The summed E-state index contributed by atoms with van der Waals surface area (Å²) >= 11 is 8.44. The van der Waals surface area contributed by atoms with Crippen LogP contribution in [0.2, 0.25) is 0 Å². The van der Waals surface area contributed by atoms with Crippen molar-refractivity contribution in [3.8, 4) is 0 Å². The molecule has 3 aliphatic rings. The zero-order valence-electron chi connectivity index (χ0n) is 30.4. The summed E-state index contributed by atoms with van der Waals surface area (Å²) in [6.45, 7) is 4.02. The molecule has 3 fully saturated rings. The number of likely N-dealkylation sites (tertiary alicyclic amines) is 2. The van der Waals surface area contributed by atoms with Gasteiger partial charge in [0.15, 0.2) is 4.21 Å². The maximum absolute atomic E-state index is 12.6. The number of benzene rings is 4. The third kappa shape index (κ3) is 11.5. The van der Waals surface area contributed by atoms with Gasteiger partial charge in [-0.1, -0.05) is 132 Å². The first-order valence-corrected chi connectivity index (χ1v) is 26.4. The normalized spacial score (nSPS) is 22.6. The Morgan fingerprint density at radius 3 is 1.49 bits per heavy atom. The molecular weight excluding hydrogens is 864 g/mol. The predicted molar refractivity (Wildman–Crippen MR) is 207 cm³/mol. The van der Waals surface area contributed by atoms with Crippen molar-refractivity contribution in [2.24, 2.45) is 0 Å². The SMILES string of the molecule is CC(=O)OOC1(C)OO1.CC(=O)O[C@@]1(Sc2ccccc2)C(=O)N(C)[C@H]1c1ccccc1.CN1C(=O)[C@@](Cl)(Sc2ccccc2)[C@@H]1c1ccccc1.[Cl][Zn][Cl]. The van der Waals surface area contributed by atoms with Crippen LogP contribution in [0.4, 0.5) is 0 Å². The van der Waals surface area contributed by atoms with E-state index in [1.807, 2.05) is 121 Å². The van der Waals surface area contributed by atoms with Gasteiger partial charge in [-0.2, -0.15) is 9.78 Å². The predicted octanol–water partition coefficient (Wildman–Crippen LogP) is 8.67. The quantitative estimate of drug-likeness (QED) is 0.0234. The van der Waals surface area contributed by atoms with E-state index in [9.17, 15) is 19.2 Å². The average Bonchev–Trinajstić information content (AvgIpc) is 3.93. The van der Waals surface area contributed by atoms with Gasteiger partial charge in [0.1, 0.15) is 6.04 Å². The molecule has 55 heavy (non-hydrogen) atoms. The number of alkyl halides is 1. The number of halogens is 3. The molecule has 2 amide bonds. The monoisotopic (exact) mass is 898 g/mol. The summed E-state index contributed by atoms with van der Waals surface area (Å²) in [7, 11) is 13.4.